The topological polar surface area (TPSA) is 179 Å². The van der Waals surface area contributed by atoms with Gasteiger partial charge in [0.2, 0.25) is 0 Å². The molecule has 0 aromatic heterocycles. The molecular weight excluding hydrogens is 901 g/mol. The molecule has 1 aliphatic carbocycles. The van der Waals surface area contributed by atoms with Crippen molar-refractivity contribution in [2.45, 2.75) is 90.9 Å². The Morgan fingerprint density at radius 3 is 1.31 bits per heavy atom. The Morgan fingerprint density at radius 2 is 0.926 bits per heavy atom. The summed E-state index contributed by atoms with van der Waals surface area (Å²) < 4.78 is 69.4. The van der Waals surface area contributed by atoms with E-state index in [0.717, 1.165) is 76.4 Å². The Bertz CT molecular complexity index is 2940. The number of carbonyl (C=O) groups is 3. The summed E-state index contributed by atoms with van der Waals surface area (Å²) >= 11 is 0. The number of urea groups is 1. The van der Waals surface area contributed by atoms with Gasteiger partial charge in [0.15, 0.2) is 0 Å². The lowest BCUT2D eigenvalue weighted by molar-refractivity contribution is -0.135. The van der Waals surface area contributed by atoms with Crippen molar-refractivity contribution in [1.29, 1.82) is 0 Å². The number of hydrogen-bond acceptors (Lipinski definition) is 11. The Hall–Kier alpha value is -5.87. The third-order valence-corrected chi connectivity index (χ3v) is 15.6. The first-order valence-corrected chi connectivity index (χ1v) is 26.6. The summed E-state index contributed by atoms with van der Waals surface area (Å²) in [5.74, 6) is -2.24. The van der Waals surface area contributed by atoms with Crippen LogP contribution in [0.2, 0.25) is 0 Å². The largest absolute Gasteiger partial charge is 0.748 e. The number of barbiturate groups is 1. The fourth-order valence-corrected chi connectivity index (χ4v) is 12.0. The van der Waals surface area contributed by atoms with Crippen molar-refractivity contribution in [2.75, 3.05) is 47.5 Å². The molecular formula is C53H58N4O9S2-2. The highest BCUT2D eigenvalue weighted by molar-refractivity contribution is 7.85. The number of benzene rings is 4. The quantitative estimate of drug-likeness (QED) is 0.0510. The molecule has 13 nitrogen and oxygen atoms in total. The van der Waals surface area contributed by atoms with Gasteiger partial charge >= 0.3 is 6.03 Å². The van der Waals surface area contributed by atoms with Gasteiger partial charge < -0.3 is 18.9 Å². The van der Waals surface area contributed by atoms with Gasteiger partial charge in [-0.05, 0) is 126 Å². The van der Waals surface area contributed by atoms with Crippen LogP contribution >= 0.6 is 0 Å². The molecule has 4 aromatic rings. The Labute approximate surface area is 399 Å². The SMILES string of the molecule is CCN1C(=O)C(=C2/C(=C/C=C3/N(CCCCS(=O)(=O)[O-])c4ccc5ccccc5c4C3(C)C)CC/C2=C\C=C2\N(CCCCS(=O)(=O)[O-])c3ccc4ccccc4c3C2(C)C)C(=O)N(CC)C1=O. The molecule has 0 radical (unpaired) electrons. The molecule has 1 saturated heterocycles. The van der Waals surface area contributed by atoms with Crippen molar-refractivity contribution < 1.29 is 40.3 Å². The molecule has 0 atom stereocenters. The van der Waals surface area contributed by atoms with Gasteiger partial charge in [-0.3, -0.25) is 19.4 Å². The molecule has 0 spiro atoms. The molecule has 8 rings (SSSR count). The maximum absolute atomic E-state index is 14.5. The van der Waals surface area contributed by atoms with E-state index in [-0.39, 0.29) is 31.5 Å². The molecule has 0 unspecified atom stereocenters. The highest BCUT2D eigenvalue weighted by atomic mass is 32.2. The predicted octanol–water partition coefficient (Wildman–Crippen LogP) is 9.08. The van der Waals surface area contributed by atoms with Gasteiger partial charge in [0.1, 0.15) is 5.57 Å². The monoisotopic (exact) mass is 958 g/mol. The van der Waals surface area contributed by atoms with E-state index in [4.69, 9.17) is 0 Å². The Morgan fingerprint density at radius 1 is 0.529 bits per heavy atom. The first-order chi connectivity index (χ1) is 32.2. The minimum Gasteiger partial charge on any atom is -0.748 e. The molecule has 3 aliphatic heterocycles. The first-order valence-electron chi connectivity index (χ1n) is 23.4. The van der Waals surface area contributed by atoms with Gasteiger partial charge in [-0.15, -0.1) is 0 Å². The van der Waals surface area contributed by atoms with Crippen LogP contribution in [0.5, 0.6) is 0 Å². The summed E-state index contributed by atoms with van der Waals surface area (Å²) in [6, 6.07) is 23.9. The zero-order chi connectivity index (χ0) is 48.9. The van der Waals surface area contributed by atoms with Gasteiger partial charge in [0.05, 0.1) is 20.2 Å². The summed E-state index contributed by atoms with van der Waals surface area (Å²) in [6.45, 7) is 13.0. The summed E-state index contributed by atoms with van der Waals surface area (Å²) in [7, 11) is -8.78. The molecule has 0 bridgehead atoms. The second kappa shape index (κ2) is 18.6. The van der Waals surface area contributed by atoms with Gasteiger partial charge in [-0.2, -0.15) is 0 Å². The predicted molar refractivity (Wildman–Crippen MR) is 265 cm³/mol. The number of nitrogens with zero attached hydrogens (tertiary/aromatic N) is 4. The summed E-state index contributed by atoms with van der Waals surface area (Å²) in [5.41, 5.74) is 6.77. The van der Waals surface area contributed by atoms with Gasteiger partial charge in [0, 0.05) is 71.3 Å². The smallest absolute Gasteiger partial charge is 0.333 e. The van der Waals surface area contributed by atoms with Crippen LogP contribution in [0.25, 0.3) is 21.5 Å². The first kappa shape index (κ1) is 48.6. The van der Waals surface area contributed by atoms with Crippen LogP contribution in [0.3, 0.4) is 0 Å². The van der Waals surface area contributed by atoms with Gasteiger partial charge in [-0.1, -0.05) is 101 Å². The maximum atomic E-state index is 14.5. The summed E-state index contributed by atoms with van der Waals surface area (Å²) in [4.78, 5) is 49.1. The van der Waals surface area contributed by atoms with Gasteiger partial charge in [-0.25, -0.2) is 21.6 Å². The number of allylic oxidation sites excluding steroid dienone is 9. The zero-order valence-electron chi connectivity index (χ0n) is 39.5. The van der Waals surface area contributed by atoms with E-state index in [2.05, 4.69) is 86.0 Å². The maximum Gasteiger partial charge on any atom is 0.333 e. The standard InChI is InChI=1S/C53H60N4O9S2/c1-7-54-49(58)46(50(59)55(8-2)51(54)60)45-37(25-29-43-52(3,4)47-39-19-11-9-17-35(39)23-27-41(47)56(43)31-13-15-33-67(61,62)63)21-22-38(45)26-30-44-53(5,6)48-40-20-12-10-18-36(40)24-28-42(48)57(44)32-14-16-34-68(64,65)66/h9-12,17-20,23-30H,7-8,13-16,21-22,31-34H2,1-6H3,(H,61,62,63)(H,64,65,66)/p-2/b37-25+,38-26+,43-29+,44-30+. The molecule has 4 aliphatic rings. The lowest BCUT2D eigenvalue weighted by atomic mass is 9.81. The number of anilines is 2. The average Bonchev–Trinajstić information content (AvgIpc) is 3.85. The van der Waals surface area contributed by atoms with Gasteiger partial charge in [0.25, 0.3) is 11.8 Å². The second-order valence-electron chi connectivity index (χ2n) is 19.0. The molecule has 3 heterocycles. The normalized spacial score (nSPS) is 20.7. The van der Waals surface area contributed by atoms with Crippen LogP contribution in [-0.4, -0.2) is 91.3 Å². The number of imide groups is 2. The lowest BCUT2D eigenvalue weighted by Crippen LogP contribution is -2.56. The van der Waals surface area contributed by atoms with Crippen LogP contribution in [-0.2, 0) is 40.7 Å². The third-order valence-electron chi connectivity index (χ3n) is 14.0. The second-order valence-corrected chi connectivity index (χ2v) is 22.0. The third kappa shape index (κ3) is 8.97. The fraction of sp³-hybridized carbons (Fsp3) is 0.377. The highest BCUT2D eigenvalue weighted by Gasteiger charge is 2.45. The van der Waals surface area contributed by atoms with E-state index in [1.165, 1.54) is 0 Å². The van der Waals surface area contributed by atoms with E-state index in [1.807, 2.05) is 48.6 Å². The van der Waals surface area contributed by atoms with Crippen molar-refractivity contribution in [2.24, 2.45) is 0 Å². The molecule has 358 valence electrons. The number of unbranched alkanes of at least 4 members (excludes halogenated alkanes) is 2. The number of carbonyl (C=O) groups excluding carboxylic acids is 3. The molecule has 2 fully saturated rings. The summed E-state index contributed by atoms with van der Waals surface area (Å²) in [5, 5.41) is 4.31. The lowest BCUT2D eigenvalue weighted by Gasteiger charge is -2.33. The number of amides is 4. The van der Waals surface area contributed by atoms with Crippen molar-refractivity contribution in [3.05, 3.63) is 142 Å². The fourth-order valence-electron chi connectivity index (χ4n) is 10.8. The van der Waals surface area contributed by atoms with E-state index < -0.39 is 60.4 Å². The molecule has 0 N–H and O–H groups in total. The minimum atomic E-state index is -4.39. The zero-order valence-corrected chi connectivity index (χ0v) is 41.1. The van der Waals surface area contributed by atoms with E-state index in [9.17, 15) is 40.3 Å². The molecule has 15 heteroatoms. The highest BCUT2D eigenvalue weighted by Crippen LogP contribution is 2.53. The number of likely N-dealkylation sites (N-methyl/N-ethyl adjacent to an activating group) is 2. The summed E-state index contributed by atoms with van der Waals surface area (Å²) in [6.07, 6.45) is 10.2. The number of fused-ring (bicyclic) bond motifs is 6. The van der Waals surface area contributed by atoms with Crippen molar-refractivity contribution in [1.82, 2.24) is 9.80 Å². The minimum absolute atomic E-state index is 0.0659. The van der Waals surface area contributed by atoms with Crippen molar-refractivity contribution in [3.63, 3.8) is 0 Å². The van der Waals surface area contributed by atoms with E-state index in [1.54, 1.807) is 13.8 Å². The Kier molecular flexibility index (Phi) is 13.3. The molecule has 4 amide bonds. The number of rotatable bonds is 14. The van der Waals surface area contributed by atoms with Crippen LogP contribution in [0.4, 0.5) is 16.2 Å². The van der Waals surface area contributed by atoms with Crippen molar-refractivity contribution >= 4 is 71.0 Å². The molecule has 68 heavy (non-hydrogen) atoms. The van der Waals surface area contributed by atoms with E-state index >= 15 is 0 Å². The molecule has 4 aromatic carbocycles. The van der Waals surface area contributed by atoms with Crippen LogP contribution in [0.1, 0.15) is 91.2 Å². The van der Waals surface area contributed by atoms with Crippen molar-refractivity contribution in [3.8, 4) is 0 Å². The number of hydrogen-bond donors (Lipinski definition) is 0. The van der Waals surface area contributed by atoms with Crippen LogP contribution < -0.4 is 9.80 Å². The van der Waals surface area contributed by atoms with Crippen LogP contribution in [0.15, 0.2) is 131 Å². The molecule has 1 saturated carbocycles. The van der Waals surface area contributed by atoms with Crippen LogP contribution in [0, 0.1) is 0 Å². The Balaban J connectivity index is 1.28. The average molecular weight is 959 g/mol. The van der Waals surface area contributed by atoms with E-state index in [0.29, 0.717) is 44.3 Å².